The van der Waals surface area contributed by atoms with Crippen molar-refractivity contribution in [3.05, 3.63) is 78.3 Å². The zero-order valence-corrected chi connectivity index (χ0v) is 24.1. The molecule has 1 saturated carbocycles. The Morgan fingerprint density at radius 3 is 2.60 bits per heavy atom. The summed E-state index contributed by atoms with van der Waals surface area (Å²) in [4.78, 5) is 38.2. The summed E-state index contributed by atoms with van der Waals surface area (Å²) >= 11 is 0. The van der Waals surface area contributed by atoms with Crippen LogP contribution in [0.5, 0.6) is 0 Å². The molecule has 2 saturated heterocycles. The van der Waals surface area contributed by atoms with E-state index in [1.54, 1.807) is 30.7 Å². The van der Waals surface area contributed by atoms with Gasteiger partial charge >= 0.3 is 0 Å². The summed E-state index contributed by atoms with van der Waals surface area (Å²) in [6, 6.07) is 10.9. The summed E-state index contributed by atoms with van der Waals surface area (Å²) in [7, 11) is 0. The number of fused-ring (bicyclic) bond motifs is 3. The number of amides is 1. The molecule has 1 amide bonds. The lowest BCUT2D eigenvalue weighted by atomic mass is 9.88. The average molecular weight is 566 g/mol. The first-order valence-corrected chi connectivity index (χ1v) is 15.2. The summed E-state index contributed by atoms with van der Waals surface area (Å²) in [6.07, 6.45) is 11.8. The minimum Gasteiger partial charge on any atom is -0.341 e. The van der Waals surface area contributed by atoms with Crippen LogP contribution in [0.1, 0.15) is 67.9 Å². The van der Waals surface area contributed by atoms with E-state index in [0.717, 1.165) is 40.7 Å². The predicted molar refractivity (Wildman–Crippen MR) is 160 cm³/mol. The van der Waals surface area contributed by atoms with Gasteiger partial charge in [0.1, 0.15) is 5.82 Å². The van der Waals surface area contributed by atoms with Crippen LogP contribution in [0.3, 0.4) is 0 Å². The standard InChI is InChI=1S/C34H36FN5O2/c1-20(2)31-26(4-3-12-37-31)27-17-23(35)6-8-29(27)40-19-28(25-9-13-36-18-30(25)40)33(41)21-10-14-39(15-11-21)34(42)32-22-5-7-24(16-22)38-32/h3-4,6,8-9,12-13,17-22,24,32,38H,5,7,10-11,14-16H2,1-2H3/t22-,24+,32-/m0/s1. The Morgan fingerprint density at radius 1 is 1.02 bits per heavy atom. The minimum absolute atomic E-state index is 0.0533. The number of carbonyl (C=O) groups is 2. The Hall–Kier alpha value is -3.91. The molecular weight excluding hydrogens is 529 g/mol. The van der Waals surface area contributed by atoms with E-state index in [0.29, 0.717) is 49.0 Å². The molecule has 2 bridgehead atoms. The Balaban J connectivity index is 1.19. The molecule has 3 aromatic heterocycles. The van der Waals surface area contributed by atoms with Crippen molar-refractivity contribution in [3.63, 3.8) is 0 Å². The second-order valence-electron chi connectivity index (χ2n) is 12.4. The first kappa shape index (κ1) is 27.0. The van der Waals surface area contributed by atoms with Crippen molar-refractivity contribution in [1.82, 2.24) is 24.8 Å². The number of Topliss-reactive ketones (excluding diaryl/α,β-unsaturated/α-hetero) is 1. The van der Waals surface area contributed by atoms with Crippen molar-refractivity contribution in [1.29, 1.82) is 0 Å². The molecule has 1 aromatic carbocycles. The lowest BCUT2D eigenvalue weighted by molar-refractivity contribution is -0.135. The van der Waals surface area contributed by atoms with Gasteiger partial charge in [0.2, 0.25) is 5.91 Å². The number of aromatic nitrogens is 3. The van der Waals surface area contributed by atoms with Gasteiger partial charge in [0.05, 0.1) is 29.1 Å². The molecular formula is C34H36FN5O2. The predicted octanol–water partition coefficient (Wildman–Crippen LogP) is 5.91. The third-order valence-corrected chi connectivity index (χ3v) is 9.57. The van der Waals surface area contributed by atoms with E-state index >= 15 is 0 Å². The molecule has 3 fully saturated rings. The van der Waals surface area contributed by atoms with Gasteiger partial charge in [-0.15, -0.1) is 0 Å². The Morgan fingerprint density at radius 2 is 1.86 bits per heavy atom. The first-order valence-electron chi connectivity index (χ1n) is 15.2. The van der Waals surface area contributed by atoms with E-state index in [9.17, 15) is 14.0 Å². The number of pyridine rings is 2. The first-order chi connectivity index (χ1) is 20.4. The van der Waals surface area contributed by atoms with Gasteiger partial charge in [-0.3, -0.25) is 19.6 Å². The SMILES string of the molecule is CC(C)c1ncccc1-c1cc(F)ccc1-n1cc(C(=O)C2CCN(C(=O)[C@H]3N[C@@H]4CC[C@H]3C4)CC2)c2ccncc21. The number of hydrogen-bond donors (Lipinski definition) is 1. The zero-order chi connectivity index (χ0) is 29.0. The van der Waals surface area contributed by atoms with Crippen LogP contribution in [0.4, 0.5) is 4.39 Å². The number of nitrogens with zero attached hydrogens (tertiary/aromatic N) is 4. The molecule has 42 heavy (non-hydrogen) atoms. The highest BCUT2D eigenvalue weighted by molar-refractivity contribution is 6.09. The minimum atomic E-state index is -0.333. The fourth-order valence-electron chi connectivity index (χ4n) is 7.42. The average Bonchev–Trinajstić information content (AvgIpc) is 3.76. The van der Waals surface area contributed by atoms with Crippen LogP contribution in [0.2, 0.25) is 0 Å². The number of rotatable bonds is 6. The quantitative estimate of drug-likeness (QED) is 0.294. The van der Waals surface area contributed by atoms with Gasteiger partial charge in [-0.25, -0.2) is 4.39 Å². The second-order valence-corrected chi connectivity index (χ2v) is 12.4. The van der Waals surface area contributed by atoms with Crippen molar-refractivity contribution in [2.75, 3.05) is 13.1 Å². The fraction of sp³-hybridized carbons (Fsp3) is 0.412. The monoisotopic (exact) mass is 565 g/mol. The molecule has 2 aliphatic heterocycles. The van der Waals surface area contributed by atoms with Crippen molar-refractivity contribution < 1.29 is 14.0 Å². The third kappa shape index (κ3) is 4.62. The number of ketones is 1. The number of carbonyl (C=O) groups excluding carboxylic acids is 2. The smallest absolute Gasteiger partial charge is 0.240 e. The molecule has 3 aliphatic rings. The fourth-order valence-corrected chi connectivity index (χ4v) is 7.42. The molecule has 1 N–H and O–H groups in total. The molecule has 0 unspecified atom stereocenters. The highest BCUT2D eigenvalue weighted by Crippen LogP contribution is 2.38. The normalized spacial score (nSPS) is 22.4. The van der Waals surface area contributed by atoms with Gasteiger partial charge in [-0.05, 0) is 74.3 Å². The van der Waals surface area contributed by atoms with E-state index in [4.69, 9.17) is 0 Å². The summed E-state index contributed by atoms with van der Waals surface area (Å²) in [5.41, 5.74) is 4.66. The molecule has 0 spiro atoms. The van der Waals surface area contributed by atoms with Gasteiger partial charge in [0.25, 0.3) is 0 Å². The molecule has 1 aliphatic carbocycles. The van der Waals surface area contributed by atoms with Crippen molar-refractivity contribution in [2.24, 2.45) is 11.8 Å². The Labute approximate surface area is 245 Å². The van der Waals surface area contributed by atoms with Crippen LogP contribution in [0.15, 0.2) is 61.2 Å². The summed E-state index contributed by atoms with van der Waals surface area (Å²) in [5.74, 6) is 0.405. The van der Waals surface area contributed by atoms with Crippen LogP contribution in [-0.2, 0) is 4.79 Å². The number of nitrogens with one attached hydrogen (secondary N) is 1. The summed E-state index contributed by atoms with van der Waals surface area (Å²) < 4.78 is 16.6. The van der Waals surface area contributed by atoms with E-state index in [-0.39, 0.29) is 35.4 Å². The molecule has 7 nitrogen and oxygen atoms in total. The lowest BCUT2D eigenvalue weighted by Gasteiger charge is -2.35. The Kier molecular flexibility index (Phi) is 6.89. The molecule has 0 radical (unpaired) electrons. The lowest BCUT2D eigenvalue weighted by Crippen LogP contribution is -2.51. The van der Waals surface area contributed by atoms with Gasteiger partial charge in [0, 0.05) is 65.7 Å². The molecule has 216 valence electrons. The van der Waals surface area contributed by atoms with Crippen LogP contribution in [0.25, 0.3) is 27.7 Å². The number of piperidine rings is 2. The van der Waals surface area contributed by atoms with Crippen molar-refractivity contribution in [3.8, 4) is 16.8 Å². The van der Waals surface area contributed by atoms with Crippen LogP contribution in [0, 0.1) is 17.7 Å². The largest absolute Gasteiger partial charge is 0.341 e. The van der Waals surface area contributed by atoms with Gasteiger partial charge < -0.3 is 14.8 Å². The maximum absolute atomic E-state index is 14.7. The second kappa shape index (κ2) is 10.7. The molecule has 5 heterocycles. The number of hydrogen-bond acceptors (Lipinski definition) is 5. The molecule has 3 atom stereocenters. The Bertz CT molecular complexity index is 1670. The van der Waals surface area contributed by atoms with Gasteiger partial charge in [-0.1, -0.05) is 19.9 Å². The number of halogens is 1. The maximum atomic E-state index is 14.7. The number of likely N-dealkylation sites (tertiary alicyclic amines) is 1. The molecule has 7 rings (SSSR count). The number of benzene rings is 1. The summed E-state index contributed by atoms with van der Waals surface area (Å²) in [6.45, 7) is 5.35. The zero-order valence-electron chi connectivity index (χ0n) is 24.1. The van der Waals surface area contributed by atoms with Crippen LogP contribution >= 0.6 is 0 Å². The van der Waals surface area contributed by atoms with Gasteiger partial charge in [-0.2, -0.15) is 0 Å². The highest BCUT2D eigenvalue weighted by atomic mass is 19.1. The summed E-state index contributed by atoms with van der Waals surface area (Å²) in [5, 5.41) is 4.35. The molecule has 8 heteroatoms. The van der Waals surface area contributed by atoms with Gasteiger partial charge in [0.15, 0.2) is 5.78 Å². The third-order valence-electron chi connectivity index (χ3n) is 9.57. The van der Waals surface area contributed by atoms with Crippen LogP contribution < -0.4 is 5.32 Å². The highest BCUT2D eigenvalue weighted by Gasteiger charge is 2.44. The van der Waals surface area contributed by atoms with Crippen LogP contribution in [-0.4, -0.2) is 56.3 Å². The topological polar surface area (TPSA) is 80.1 Å². The van der Waals surface area contributed by atoms with E-state index in [1.807, 2.05) is 33.9 Å². The molecule has 4 aromatic rings. The maximum Gasteiger partial charge on any atom is 0.240 e. The van der Waals surface area contributed by atoms with Crippen molar-refractivity contribution in [2.45, 2.75) is 64.0 Å². The van der Waals surface area contributed by atoms with E-state index in [1.165, 1.54) is 12.5 Å². The van der Waals surface area contributed by atoms with E-state index < -0.39 is 0 Å². The van der Waals surface area contributed by atoms with E-state index in [2.05, 4.69) is 29.1 Å². The van der Waals surface area contributed by atoms with Crippen molar-refractivity contribution >= 4 is 22.6 Å².